The summed E-state index contributed by atoms with van der Waals surface area (Å²) in [5.74, 6) is 0. The lowest BCUT2D eigenvalue weighted by Gasteiger charge is -2.22. The maximum atomic E-state index is 4.89. The van der Waals surface area contributed by atoms with Crippen LogP contribution >= 0.6 is 23.5 Å². The van der Waals surface area contributed by atoms with Gasteiger partial charge in [0.15, 0.2) is 0 Å². The Morgan fingerprint density at radius 1 is 0.391 bits per heavy atom. The maximum Gasteiger partial charge on any atom is 0.113 e. The first kappa shape index (κ1) is 26.4. The van der Waals surface area contributed by atoms with E-state index in [0.29, 0.717) is 0 Å². The summed E-state index contributed by atoms with van der Waals surface area (Å²) in [4.78, 5) is 0. The first-order valence-corrected chi connectivity index (χ1v) is 17.1. The summed E-state index contributed by atoms with van der Waals surface area (Å²) in [7, 11) is 0. The van der Waals surface area contributed by atoms with Crippen LogP contribution in [0.4, 0.5) is 0 Å². The van der Waals surface area contributed by atoms with Crippen LogP contribution in [0.25, 0.3) is 77.3 Å². The number of fused-ring (bicyclic) bond motifs is 11. The van der Waals surface area contributed by atoms with E-state index < -0.39 is 0 Å². The number of nitrogens with zero attached hydrogens (tertiary/aromatic N) is 4. The molecule has 0 saturated heterocycles. The third-order valence-electron chi connectivity index (χ3n) is 10.7. The van der Waals surface area contributed by atoms with Crippen LogP contribution in [0.2, 0.25) is 0 Å². The highest BCUT2D eigenvalue weighted by atomic mass is 32.1. The predicted octanol–water partition coefficient (Wildman–Crippen LogP) is 10.8. The molecule has 0 spiro atoms. The lowest BCUT2D eigenvalue weighted by atomic mass is 9.81. The van der Waals surface area contributed by atoms with Gasteiger partial charge in [0.2, 0.25) is 0 Å². The minimum atomic E-state index is -0.0784. The fourth-order valence-electron chi connectivity index (χ4n) is 8.24. The zero-order valence-corrected chi connectivity index (χ0v) is 27.5. The first-order chi connectivity index (χ1) is 22.3. The average Bonchev–Trinajstić information content (AvgIpc) is 3.85. The van der Waals surface area contributed by atoms with Gasteiger partial charge >= 0.3 is 0 Å². The Morgan fingerprint density at radius 3 is 1.24 bits per heavy atom. The number of hydrogen-bond acceptors (Lipinski definition) is 6. The second-order valence-electron chi connectivity index (χ2n) is 13.7. The van der Waals surface area contributed by atoms with Crippen LogP contribution in [0.5, 0.6) is 0 Å². The molecule has 0 aliphatic heterocycles. The predicted molar refractivity (Wildman–Crippen MR) is 192 cm³/mol. The van der Waals surface area contributed by atoms with Gasteiger partial charge in [-0.2, -0.15) is 17.5 Å². The molecular weight excluding hydrogens is 601 g/mol. The summed E-state index contributed by atoms with van der Waals surface area (Å²) in [6.45, 7) is 9.30. The van der Waals surface area contributed by atoms with Gasteiger partial charge in [-0.15, -0.1) is 0 Å². The molecule has 8 aromatic rings. The Labute approximate surface area is 275 Å². The SMILES string of the molecule is CC1(C)c2ccccc2-c2ccc(-c3cc4c(cc(-c5ccc6c(c5)C(C)(C)c5ccccc5-6)c5nsnc54)c4nsnc34)cc21. The summed E-state index contributed by atoms with van der Waals surface area (Å²) >= 11 is 2.55. The fraction of sp³-hybridized carbons (Fsp3) is 0.150. The highest BCUT2D eigenvalue weighted by Gasteiger charge is 2.37. The normalized spacial score (nSPS) is 15.3. The Hall–Kier alpha value is -4.78. The van der Waals surface area contributed by atoms with E-state index in [1.54, 1.807) is 0 Å². The molecule has 0 atom stereocenters. The van der Waals surface area contributed by atoms with Crippen LogP contribution in [0.15, 0.2) is 97.1 Å². The third-order valence-corrected chi connectivity index (χ3v) is 11.7. The first-order valence-electron chi connectivity index (χ1n) is 15.7. The van der Waals surface area contributed by atoms with Crippen molar-refractivity contribution in [1.82, 2.24) is 17.5 Å². The van der Waals surface area contributed by atoms with Crippen molar-refractivity contribution in [2.75, 3.05) is 0 Å². The number of aromatic nitrogens is 4. The lowest BCUT2D eigenvalue weighted by Crippen LogP contribution is -2.14. The maximum absolute atomic E-state index is 4.89. The number of benzene rings is 6. The molecule has 0 saturated carbocycles. The van der Waals surface area contributed by atoms with Crippen molar-refractivity contribution >= 4 is 56.3 Å². The van der Waals surface area contributed by atoms with Crippen LogP contribution in [0.1, 0.15) is 49.9 Å². The second-order valence-corrected chi connectivity index (χ2v) is 14.8. The lowest BCUT2D eigenvalue weighted by molar-refractivity contribution is 0.660. The topological polar surface area (TPSA) is 51.6 Å². The van der Waals surface area contributed by atoms with E-state index in [1.807, 2.05) is 0 Å². The molecule has 6 aromatic carbocycles. The molecule has 6 heteroatoms. The van der Waals surface area contributed by atoms with Crippen molar-refractivity contribution in [1.29, 1.82) is 0 Å². The monoisotopic (exact) mass is 628 g/mol. The van der Waals surface area contributed by atoms with E-state index in [2.05, 4.69) is 125 Å². The largest absolute Gasteiger partial charge is 0.172 e. The minimum Gasteiger partial charge on any atom is -0.172 e. The van der Waals surface area contributed by atoms with Crippen LogP contribution < -0.4 is 0 Å². The smallest absolute Gasteiger partial charge is 0.113 e. The van der Waals surface area contributed by atoms with E-state index in [1.165, 1.54) is 68.0 Å². The van der Waals surface area contributed by atoms with Gasteiger partial charge in [-0.25, -0.2) is 0 Å². The molecule has 46 heavy (non-hydrogen) atoms. The molecule has 2 aliphatic rings. The van der Waals surface area contributed by atoms with Gasteiger partial charge in [0, 0.05) is 32.7 Å². The quantitative estimate of drug-likeness (QED) is 0.191. The van der Waals surface area contributed by atoms with E-state index in [4.69, 9.17) is 17.5 Å². The Balaban J connectivity index is 1.18. The summed E-state index contributed by atoms with van der Waals surface area (Å²) in [6.07, 6.45) is 0. The van der Waals surface area contributed by atoms with E-state index in [-0.39, 0.29) is 10.8 Å². The second kappa shape index (κ2) is 8.93. The Morgan fingerprint density at radius 2 is 0.783 bits per heavy atom. The average molecular weight is 629 g/mol. The fourth-order valence-corrected chi connectivity index (χ4v) is 9.39. The highest BCUT2D eigenvalue weighted by Crippen LogP contribution is 2.52. The standard InChI is InChI=1S/C40H28N4S2/c1-39(2)31-11-7-5-9-23(31)25-15-13-21(17-33(25)39)27-19-29-30(37-35(27)41-45-43-37)20-28(36-38(29)44-46-42-36)22-14-16-26-24-10-6-8-12-32(24)40(3,4)34(26)18-22/h5-20H,1-4H3. The van der Waals surface area contributed by atoms with Gasteiger partial charge in [0.25, 0.3) is 0 Å². The summed E-state index contributed by atoms with van der Waals surface area (Å²) in [5.41, 5.74) is 18.8. The molecule has 2 aliphatic carbocycles. The third kappa shape index (κ3) is 3.33. The van der Waals surface area contributed by atoms with Crippen molar-refractivity contribution in [3.63, 3.8) is 0 Å². The summed E-state index contributed by atoms with van der Waals surface area (Å²) in [6, 6.07) is 35.9. The molecule has 0 amide bonds. The molecule has 0 radical (unpaired) electrons. The van der Waals surface area contributed by atoms with Crippen molar-refractivity contribution in [2.24, 2.45) is 0 Å². The van der Waals surface area contributed by atoms with Crippen molar-refractivity contribution in [2.45, 2.75) is 38.5 Å². The van der Waals surface area contributed by atoms with Gasteiger partial charge < -0.3 is 0 Å². The zero-order chi connectivity index (χ0) is 30.9. The van der Waals surface area contributed by atoms with Gasteiger partial charge in [0.05, 0.1) is 23.5 Å². The summed E-state index contributed by atoms with van der Waals surface area (Å²) < 4.78 is 19.5. The van der Waals surface area contributed by atoms with E-state index in [0.717, 1.165) is 55.1 Å². The van der Waals surface area contributed by atoms with Crippen LogP contribution in [0, 0.1) is 0 Å². The molecule has 4 nitrogen and oxygen atoms in total. The Bertz CT molecular complexity index is 2420. The van der Waals surface area contributed by atoms with Crippen molar-refractivity contribution in [3.8, 4) is 44.5 Å². The van der Waals surface area contributed by atoms with Crippen LogP contribution in [-0.2, 0) is 10.8 Å². The number of rotatable bonds is 2. The minimum absolute atomic E-state index is 0.0784. The van der Waals surface area contributed by atoms with Crippen molar-refractivity contribution in [3.05, 3.63) is 119 Å². The van der Waals surface area contributed by atoms with Gasteiger partial charge in [-0.3, -0.25) is 0 Å². The summed E-state index contributed by atoms with van der Waals surface area (Å²) in [5, 5.41) is 2.14. The van der Waals surface area contributed by atoms with Crippen molar-refractivity contribution < 1.29 is 0 Å². The van der Waals surface area contributed by atoms with Gasteiger partial charge in [-0.1, -0.05) is 100 Å². The molecule has 2 heterocycles. The molecule has 0 bridgehead atoms. The molecule has 0 N–H and O–H groups in total. The highest BCUT2D eigenvalue weighted by molar-refractivity contribution is 7.00. The molecule has 0 fully saturated rings. The van der Waals surface area contributed by atoms with E-state index >= 15 is 0 Å². The van der Waals surface area contributed by atoms with Gasteiger partial charge in [-0.05, 0) is 79.9 Å². The molecule has 10 rings (SSSR count). The number of hydrogen-bond donors (Lipinski definition) is 0. The molecular formula is C40H28N4S2. The van der Waals surface area contributed by atoms with Crippen LogP contribution in [0.3, 0.4) is 0 Å². The molecule has 0 unspecified atom stereocenters. The van der Waals surface area contributed by atoms with Gasteiger partial charge in [0.1, 0.15) is 22.1 Å². The zero-order valence-electron chi connectivity index (χ0n) is 25.8. The van der Waals surface area contributed by atoms with Crippen LogP contribution in [-0.4, -0.2) is 17.5 Å². The molecule has 220 valence electrons. The Kier molecular flexibility index (Phi) is 5.13. The molecule has 2 aromatic heterocycles. The van der Waals surface area contributed by atoms with E-state index in [9.17, 15) is 0 Å².